The van der Waals surface area contributed by atoms with Gasteiger partial charge in [-0.25, -0.2) is 4.98 Å². The second-order valence-electron chi connectivity index (χ2n) is 5.56. The fraction of sp³-hybridized carbons (Fsp3) is 0.471. The maximum Gasteiger partial charge on any atom is 0.183 e. The average molecular weight is 301 g/mol. The molecule has 0 aliphatic carbocycles. The maximum atomic E-state index is 4.67. The molecule has 3 rings (SSSR count). The van der Waals surface area contributed by atoms with Gasteiger partial charge in [-0.05, 0) is 31.4 Å². The molecule has 3 nitrogen and oxygen atoms in total. The number of benzene rings is 1. The van der Waals surface area contributed by atoms with Crippen LogP contribution < -0.4 is 10.2 Å². The Hall–Kier alpha value is -1.55. The average Bonchev–Trinajstić information content (AvgIpc) is 3.20. The molecule has 0 bridgehead atoms. The highest BCUT2D eigenvalue weighted by Crippen LogP contribution is 2.28. The van der Waals surface area contributed by atoms with Gasteiger partial charge >= 0.3 is 0 Å². The Morgan fingerprint density at radius 1 is 1.19 bits per heavy atom. The molecular formula is C17H23N3S. The Morgan fingerprint density at radius 2 is 1.95 bits per heavy atom. The van der Waals surface area contributed by atoms with Crippen molar-refractivity contribution in [1.82, 2.24) is 4.98 Å². The number of aromatic nitrogens is 1. The molecule has 1 fully saturated rings. The largest absolute Gasteiger partial charge is 0.372 e. The highest BCUT2D eigenvalue weighted by atomic mass is 32.1. The van der Waals surface area contributed by atoms with Crippen LogP contribution in [0.25, 0.3) is 11.3 Å². The minimum absolute atomic E-state index is 1.01. The monoisotopic (exact) mass is 301 g/mol. The third-order valence-electron chi connectivity index (χ3n) is 3.95. The molecule has 1 aliphatic heterocycles. The zero-order chi connectivity index (χ0) is 14.5. The van der Waals surface area contributed by atoms with Crippen molar-refractivity contribution in [2.45, 2.75) is 32.6 Å². The highest BCUT2D eigenvalue weighted by molar-refractivity contribution is 7.14. The van der Waals surface area contributed by atoms with Crippen LogP contribution >= 0.6 is 11.3 Å². The summed E-state index contributed by atoms with van der Waals surface area (Å²) in [6, 6.07) is 8.84. The summed E-state index contributed by atoms with van der Waals surface area (Å²) in [4.78, 5) is 7.13. The molecule has 2 aromatic rings. The van der Waals surface area contributed by atoms with Gasteiger partial charge in [-0.15, -0.1) is 11.3 Å². The van der Waals surface area contributed by atoms with Crippen LogP contribution in [0.5, 0.6) is 0 Å². The molecular weight excluding hydrogens is 278 g/mol. The predicted octanol–water partition coefficient (Wildman–Crippen LogP) is 4.62. The van der Waals surface area contributed by atoms with E-state index in [2.05, 4.69) is 51.8 Å². The summed E-state index contributed by atoms with van der Waals surface area (Å²) in [5.74, 6) is 0. The lowest BCUT2D eigenvalue weighted by Crippen LogP contribution is -2.17. The van der Waals surface area contributed by atoms with Crippen LogP contribution in [0.15, 0.2) is 29.6 Å². The molecule has 0 saturated carbocycles. The third-order valence-corrected chi connectivity index (χ3v) is 4.75. The predicted molar refractivity (Wildman–Crippen MR) is 92.4 cm³/mol. The van der Waals surface area contributed by atoms with Gasteiger partial charge in [0.25, 0.3) is 0 Å². The minimum atomic E-state index is 1.01. The van der Waals surface area contributed by atoms with E-state index in [4.69, 9.17) is 0 Å². The van der Waals surface area contributed by atoms with Crippen LogP contribution in [-0.2, 0) is 0 Å². The van der Waals surface area contributed by atoms with Crippen molar-refractivity contribution in [3.8, 4) is 11.3 Å². The topological polar surface area (TPSA) is 28.2 Å². The fourth-order valence-electron chi connectivity index (χ4n) is 2.68. The first-order chi connectivity index (χ1) is 10.4. The van der Waals surface area contributed by atoms with E-state index >= 15 is 0 Å². The third kappa shape index (κ3) is 3.56. The van der Waals surface area contributed by atoms with Crippen molar-refractivity contribution >= 4 is 22.2 Å². The van der Waals surface area contributed by atoms with Crippen molar-refractivity contribution in [1.29, 1.82) is 0 Å². The highest BCUT2D eigenvalue weighted by Gasteiger charge is 2.12. The van der Waals surface area contributed by atoms with Gasteiger partial charge in [0, 0.05) is 36.3 Å². The van der Waals surface area contributed by atoms with Crippen LogP contribution in [0, 0.1) is 0 Å². The van der Waals surface area contributed by atoms with Crippen LogP contribution in [0.3, 0.4) is 0 Å². The first-order valence-electron chi connectivity index (χ1n) is 7.91. The molecule has 112 valence electrons. The molecule has 0 radical (unpaired) electrons. The number of thiazole rings is 1. The van der Waals surface area contributed by atoms with Gasteiger partial charge in [0.05, 0.1) is 5.69 Å². The fourth-order valence-corrected chi connectivity index (χ4v) is 3.43. The Bertz CT molecular complexity index is 556. The molecule has 1 aromatic carbocycles. The van der Waals surface area contributed by atoms with Crippen molar-refractivity contribution < 1.29 is 0 Å². The molecule has 21 heavy (non-hydrogen) atoms. The van der Waals surface area contributed by atoms with Crippen molar-refractivity contribution in [2.24, 2.45) is 0 Å². The Balaban J connectivity index is 1.66. The van der Waals surface area contributed by atoms with E-state index in [0.29, 0.717) is 0 Å². The second-order valence-corrected chi connectivity index (χ2v) is 6.42. The molecule has 1 aromatic heterocycles. The van der Waals surface area contributed by atoms with Gasteiger partial charge < -0.3 is 10.2 Å². The first-order valence-corrected chi connectivity index (χ1v) is 8.79. The summed E-state index contributed by atoms with van der Waals surface area (Å²) in [5, 5.41) is 6.56. The van der Waals surface area contributed by atoms with Gasteiger partial charge in [0.15, 0.2) is 5.13 Å². The van der Waals surface area contributed by atoms with E-state index < -0.39 is 0 Å². The van der Waals surface area contributed by atoms with Crippen molar-refractivity contribution in [3.63, 3.8) is 0 Å². The van der Waals surface area contributed by atoms with E-state index in [1.54, 1.807) is 11.3 Å². The number of anilines is 2. The maximum absolute atomic E-state index is 4.67. The Labute approximate surface area is 131 Å². The molecule has 1 saturated heterocycles. The quantitative estimate of drug-likeness (QED) is 0.789. The SMILES string of the molecule is CCCCNc1nc(-c2ccc(N3CCCC3)cc2)cs1. The van der Waals surface area contributed by atoms with Gasteiger partial charge in [0.2, 0.25) is 0 Å². The number of hydrogen-bond acceptors (Lipinski definition) is 4. The Kier molecular flexibility index (Phi) is 4.76. The number of nitrogens with zero attached hydrogens (tertiary/aromatic N) is 2. The van der Waals surface area contributed by atoms with E-state index in [0.717, 1.165) is 17.4 Å². The molecule has 0 amide bonds. The lowest BCUT2D eigenvalue weighted by atomic mass is 10.1. The summed E-state index contributed by atoms with van der Waals surface area (Å²) in [6.07, 6.45) is 5.05. The van der Waals surface area contributed by atoms with Gasteiger partial charge in [-0.3, -0.25) is 0 Å². The number of nitrogens with one attached hydrogen (secondary N) is 1. The van der Waals surface area contributed by atoms with Crippen LogP contribution in [-0.4, -0.2) is 24.6 Å². The van der Waals surface area contributed by atoms with Gasteiger partial charge in [-0.1, -0.05) is 25.5 Å². The van der Waals surface area contributed by atoms with Crippen LogP contribution in [0.2, 0.25) is 0 Å². The molecule has 2 heterocycles. The lowest BCUT2D eigenvalue weighted by molar-refractivity contribution is 0.833. The molecule has 0 atom stereocenters. The van der Waals surface area contributed by atoms with Crippen LogP contribution in [0.4, 0.5) is 10.8 Å². The van der Waals surface area contributed by atoms with E-state index in [1.807, 2.05) is 0 Å². The first kappa shape index (κ1) is 14.4. The molecule has 1 N–H and O–H groups in total. The summed E-state index contributed by atoms with van der Waals surface area (Å²) >= 11 is 1.69. The number of rotatable bonds is 6. The lowest BCUT2D eigenvalue weighted by Gasteiger charge is -2.17. The van der Waals surface area contributed by atoms with E-state index in [1.165, 1.54) is 50.0 Å². The molecule has 4 heteroatoms. The number of unbranched alkanes of at least 4 members (excludes halogenated alkanes) is 1. The van der Waals surface area contributed by atoms with Crippen molar-refractivity contribution in [2.75, 3.05) is 29.9 Å². The zero-order valence-electron chi connectivity index (χ0n) is 12.6. The summed E-state index contributed by atoms with van der Waals surface area (Å²) < 4.78 is 0. The van der Waals surface area contributed by atoms with Gasteiger partial charge in [0.1, 0.15) is 0 Å². The molecule has 0 spiro atoms. The van der Waals surface area contributed by atoms with E-state index in [-0.39, 0.29) is 0 Å². The summed E-state index contributed by atoms with van der Waals surface area (Å²) in [7, 11) is 0. The second kappa shape index (κ2) is 6.94. The zero-order valence-corrected chi connectivity index (χ0v) is 13.5. The minimum Gasteiger partial charge on any atom is -0.372 e. The van der Waals surface area contributed by atoms with Crippen molar-refractivity contribution in [3.05, 3.63) is 29.6 Å². The molecule has 0 unspecified atom stereocenters. The van der Waals surface area contributed by atoms with Crippen LogP contribution in [0.1, 0.15) is 32.6 Å². The smallest absolute Gasteiger partial charge is 0.183 e. The summed E-state index contributed by atoms with van der Waals surface area (Å²) in [5.41, 5.74) is 3.62. The molecule has 1 aliphatic rings. The normalized spacial score (nSPS) is 14.6. The number of hydrogen-bond donors (Lipinski definition) is 1. The van der Waals surface area contributed by atoms with E-state index in [9.17, 15) is 0 Å². The standard InChI is InChI=1S/C17H23N3S/c1-2-3-10-18-17-19-16(13-21-17)14-6-8-15(9-7-14)20-11-4-5-12-20/h6-9,13H,2-5,10-12H2,1H3,(H,18,19). The van der Waals surface area contributed by atoms with Gasteiger partial charge in [-0.2, -0.15) is 0 Å². The Morgan fingerprint density at radius 3 is 2.67 bits per heavy atom. The summed E-state index contributed by atoms with van der Waals surface area (Å²) in [6.45, 7) is 5.61.